The van der Waals surface area contributed by atoms with Crippen LogP contribution in [-0.2, 0) is 25.0 Å². The maximum absolute atomic E-state index is 11.3. The topological polar surface area (TPSA) is 135 Å². The summed E-state index contributed by atoms with van der Waals surface area (Å²) in [6.45, 7) is 0.940. The van der Waals surface area contributed by atoms with Crippen LogP contribution in [0.2, 0.25) is 0 Å². The Bertz CT molecular complexity index is 985. The molecule has 0 radical (unpaired) electrons. The predicted octanol–water partition coefficient (Wildman–Crippen LogP) is 1.30. The summed E-state index contributed by atoms with van der Waals surface area (Å²) in [5.74, 6) is -0.336. The lowest BCUT2D eigenvalue weighted by Gasteiger charge is -2.11. The highest BCUT2D eigenvalue weighted by molar-refractivity contribution is 7.86. The molecule has 0 aliphatic rings. The molecule has 2 rings (SSSR count). The fraction of sp³-hybridized carbons (Fsp3) is 0.154. The second-order valence-electron chi connectivity index (χ2n) is 4.75. The van der Waals surface area contributed by atoms with Crippen LogP contribution in [0.3, 0.4) is 0 Å². The molecule has 0 spiro atoms. The van der Waals surface area contributed by atoms with Crippen molar-refractivity contribution in [3.63, 3.8) is 0 Å². The Hall–Kier alpha value is -2.01. The number of rotatable bonds is 5. The summed E-state index contributed by atoms with van der Waals surface area (Å²) in [6, 6.07) is 5.47. The van der Waals surface area contributed by atoms with E-state index in [9.17, 15) is 21.6 Å². The zero-order valence-corrected chi connectivity index (χ0v) is 13.4. The fourth-order valence-corrected chi connectivity index (χ4v) is 2.94. The standard InChI is InChI=1S/C13H12O8S2/c1-8(14)7-21-13-6-11(23(18,19)20)5-9-4-10(22(15,16)17)2-3-12(9)13/h2-6H,7H2,1H3,(H,15,16,17)(H,18,19,20). The minimum Gasteiger partial charge on any atom is -0.485 e. The molecule has 0 atom stereocenters. The van der Waals surface area contributed by atoms with Gasteiger partial charge in [0.1, 0.15) is 12.4 Å². The molecule has 2 aromatic carbocycles. The Morgan fingerprint density at radius 3 is 2.09 bits per heavy atom. The Morgan fingerprint density at radius 1 is 1.00 bits per heavy atom. The normalized spacial score (nSPS) is 12.3. The van der Waals surface area contributed by atoms with Crippen molar-refractivity contribution in [1.82, 2.24) is 0 Å². The summed E-state index contributed by atoms with van der Waals surface area (Å²) in [5, 5.41) is 0.403. The number of carbonyl (C=O) groups is 1. The molecule has 0 saturated heterocycles. The average molecular weight is 360 g/mol. The molecule has 10 heteroatoms. The van der Waals surface area contributed by atoms with Crippen LogP contribution < -0.4 is 4.74 Å². The van der Waals surface area contributed by atoms with Gasteiger partial charge in [0.15, 0.2) is 5.78 Å². The lowest BCUT2D eigenvalue weighted by Crippen LogP contribution is -2.08. The van der Waals surface area contributed by atoms with Crippen molar-refractivity contribution in [3.05, 3.63) is 30.3 Å². The molecule has 2 N–H and O–H groups in total. The molecule has 0 heterocycles. The van der Waals surface area contributed by atoms with E-state index in [4.69, 9.17) is 13.8 Å². The first kappa shape index (κ1) is 17.3. The van der Waals surface area contributed by atoms with Crippen LogP contribution in [-0.4, -0.2) is 38.3 Å². The summed E-state index contributed by atoms with van der Waals surface area (Å²) >= 11 is 0. The maximum Gasteiger partial charge on any atom is 0.294 e. The second-order valence-corrected chi connectivity index (χ2v) is 7.59. The Kier molecular flexibility index (Phi) is 4.44. The molecule has 8 nitrogen and oxygen atoms in total. The molecule has 0 aliphatic heterocycles. The van der Waals surface area contributed by atoms with Crippen LogP contribution >= 0.6 is 0 Å². The first-order valence-electron chi connectivity index (χ1n) is 6.13. The van der Waals surface area contributed by atoms with Crippen molar-refractivity contribution in [1.29, 1.82) is 0 Å². The largest absolute Gasteiger partial charge is 0.485 e. The Morgan fingerprint density at radius 2 is 1.57 bits per heavy atom. The summed E-state index contributed by atoms with van der Waals surface area (Å²) in [4.78, 5) is 10.0. The number of hydrogen-bond donors (Lipinski definition) is 2. The van der Waals surface area contributed by atoms with E-state index in [2.05, 4.69) is 0 Å². The lowest BCUT2D eigenvalue weighted by atomic mass is 10.1. The number of ether oxygens (including phenoxy) is 1. The van der Waals surface area contributed by atoms with E-state index in [1.54, 1.807) is 0 Å². The highest BCUT2D eigenvalue weighted by Gasteiger charge is 2.17. The molecule has 0 bridgehead atoms. The van der Waals surface area contributed by atoms with E-state index in [1.807, 2.05) is 0 Å². The van der Waals surface area contributed by atoms with Crippen LogP contribution in [0.15, 0.2) is 40.1 Å². The van der Waals surface area contributed by atoms with Gasteiger partial charge < -0.3 is 4.74 Å². The monoisotopic (exact) mass is 360 g/mol. The van der Waals surface area contributed by atoms with Crippen LogP contribution in [0.25, 0.3) is 10.8 Å². The number of ketones is 1. The summed E-state index contributed by atoms with van der Waals surface area (Å²) < 4.78 is 68.4. The van der Waals surface area contributed by atoms with Crippen molar-refractivity contribution >= 4 is 36.8 Å². The van der Waals surface area contributed by atoms with E-state index in [1.165, 1.54) is 13.0 Å². The predicted molar refractivity (Wildman–Crippen MR) is 79.8 cm³/mol. The van der Waals surface area contributed by atoms with Gasteiger partial charge >= 0.3 is 0 Å². The number of hydrogen-bond acceptors (Lipinski definition) is 6. The number of benzene rings is 2. The SMILES string of the molecule is CC(=O)COc1cc(S(=O)(=O)O)cc2cc(S(=O)(=O)O)ccc12. The van der Waals surface area contributed by atoms with Crippen molar-refractivity contribution in [3.8, 4) is 5.75 Å². The third-order valence-corrected chi connectivity index (χ3v) is 4.57. The molecule has 124 valence electrons. The zero-order chi connectivity index (χ0) is 17.4. The average Bonchev–Trinajstić information content (AvgIpc) is 2.41. The molecular weight excluding hydrogens is 348 g/mol. The second kappa shape index (κ2) is 5.89. The molecule has 0 saturated carbocycles. The van der Waals surface area contributed by atoms with E-state index >= 15 is 0 Å². The van der Waals surface area contributed by atoms with Gasteiger partial charge in [-0.15, -0.1) is 0 Å². The Balaban J connectivity index is 2.75. The quantitative estimate of drug-likeness (QED) is 0.762. The van der Waals surface area contributed by atoms with Crippen LogP contribution in [0.4, 0.5) is 0 Å². The maximum atomic E-state index is 11.3. The minimum absolute atomic E-state index is 0.0211. The minimum atomic E-state index is -4.58. The van der Waals surface area contributed by atoms with Crippen molar-refractivity contribution < 1.29 is 35.5 Å². The summed E-state index contributed by atoms with van der Waals surface area (Å²) in [6.07, 6.45) is 0. The lowest BCUT2D eigenvalue weighted by molar-refractivity contribution is -0.118. The van der Waals surface area contributed by atoms with Crippen LogP contribution in [0.5, 0.6) is 5.75 Å². The molecule has 0 fully saturated rings. The van der Waals surface area contributed by atoms with Crippen LogP contribution in [0, 0.1) is 0 Å². The van der Waals surface area contributed by atoms with Crippen molar-refractivity contribution in [2.45, 2.75) is 16.7 Å². The van der Waals surface area contributed by atoms with Crippen molar-refractivity contribution in [2.24, 2.45) is 0 Å². The van der Waals surface area contributed by atoms with E-state index in [0.29, 0.717) is 5.39 Å². The summed E-state index contributed by atoms with van der Waals surface area (Å²) in [7, 11) is -9.07. The third kappa shape index (κ3) is 4.05. The molecule has 0 amide bonds. The molecule has 0 unspecified atom stereocenters. The van der Waals surface area contributed by atoms with Gasteiger partial charge in [0.05, 0.1) is 9.79 Å². The number of Topliss-reactive ketones (excluding diaryl/α,β-unsaturated/α-hetero) is 1. The van der Waals surface area contributed by atoms with E-state index < -0.39 is 30.0 Å². The molecule has 2 aromatic rings. The zero-order valence-electron chi connectivity index (χ0n) is 11.8. The third-order valence-electron chi connectivity index (χ3n) is 2.89. The van der Waals surface area contributed by atoms with Gasteiger partial charge in [-0.3, -0.25) is 13.9 Å². The van der Waals surface area contributed by atoms with Gasteiger partial charge in [-0.1, -0.05) is 0 Å². The van der Waals surface area contributed by atoms with E-state index in [-0.39, 0.29) is 23.5 Å². The van der Waals surface area contributed by atoms with Gasteiger partial charge in [0.25, 0.3) is 20.2 Å². The van der Waals surface area contributed by atoms with Crippen molar-refractivity contribution in [2.75, 3.05) is 6.61 Å². The summed E-state index contributed by atoms with van der Waals surface area (Å²) in [5.41, 5.74) is 0. The highest BCUT2D eigenvalue weighted by atomic mass is 32.2. The van der Waals surface area contributed by atoms with E-state index in [0.717, 1.165) is 24.3 Å². The van der Waals surface area contributed by atoms with Gasteiger partial charge in [-0.05, 0) is 36.6 Å². The molecule has 23 heavy (non-hydrogen) atoms. The number of fused-ring (bicyclic) bond motifs is 1. The number of carbonyl (C=O) groups excluding carboxylic acids is 1. The van der Waals surface area contributed by atoms with Gasteiger partial charge in [-0.2, -0.15) is 16.8 Å². The van der Waals surface area contributed by atoms with Gasteiger partial charge in [0, 0.05) is 11.5 Å². The Labute approximate surface area is 132 Å². The van der Waals surface area contributed by atoms with Crippen LogP contribution in [0.1, 0.15) is 6.92 Å². The smallest absolute Gasteiger partial charge is 0.294 e. The molecule has 0 aliphatic carbocycles. The molecule has 0 aromatic heterocycles. The fourth-order valence-electron chi connectivity index (χ4n) is 1.89. The highest BCUT2D eigenvalue weighted by Crippen LogP contribution is 2.31. The van der Waals surface area contributed by atoms with Gasteiger partial charge in [-0.25, -0.2) is 0 Å². The first-order chi connectivity index (χ1) is 10.5. The molecular formula is C13H12O8S2. The van der Waals surface area contributed by atoms with Gasteiger partial charge in [0.2, 0.25) is 0 Å². The first-order valence-corrected chi connectivity index (χ1v) is 9.01.